The smallest absolute Gasteiger partial charge is 0.163 e. The van der Waals surface area contributed by atoms with Crippen LogP contribution in [-0.2, 0) is 9.47 Å². The fraction of sp³-hybridized carbons (Fsp3) is 0.875. The Bertz CT molecular complexity index is 279. The normalized spacial score (nSPS) is 35.1. The number of rotatable bonds is 3. The maximum absolute atomic E-state index is 6.18. The summed E-state index contributed by atoms with van der Waals surface area (Å²) in [7, 11) is 0. The van der Waals surface area contributed by atoms with Crippen LogP contribution < -0.4 is 0 Å². The highest BCUT2D eigenvalue weighted by Gasteiger charge is 2.40. The topological polar surface area (TPSA) is 18.5 Å². The molecule has 0 spiro atoms. The summed E-state index contributed by atoms with van der Waals surface area (Å²) in [5.74, 6) is 0.697. The lowest BCUT2D eigenvalue weighted by Gasteiger charge is -2.45. The molecule has 0 radical (unpaired) electrons. The van der Waals surface area contributed by atoms with E-state index in [0.29, 0.717) is 12.0 Å². The van der Waals surface area contributed by atoms with Gasteiger partial charge in [-0.25, -0.2) is 0 Å². The molecule has 1 aliphatic heterocycles. The van der Waals surface area contributed by atoms with E-state index in [1.807, 2.05) is 19.9 Å². The van der Waals surface area contributed by atoms with Gasteiger partial charge in [0.15, 0.2) is 5.79 Å². The molecule has 3 atom stereocenters. The van der Waals surface area contributed by atoms with Crippen molar-refractivity contribution in [1.29, 1.82) is 0 Å². The highest BCUT2D eigenvalue weighted by Crippen LogP contribution is 2.38. The molecule has 2 heteroatoms. The van der Waals surface area contributed by atoms with Crippen LogP contribution in [-0.4, -0.2) is 18.0 Å². The summed E-state index contributed by atoms with van der Waals surface area (Å²) in [4.78, 5) is 0. The molecule has 1 heterocycles. The van der Waals surface area contributed by atoms with Crippen LogP contribution in [0.25, 0.3) is 0 Å². The SMILES string of the molecule is C=C[C@H](C)[C@H]1C[C@@H](C2CCCCC2)OC(C)(C)O1. The summed E-state index contributed by atoms with van der Waals surface area (Å²) in [6, 6.07) is 0. The van der Waals surface area contributed by atoms with Gasteiger partial charge >= 0.3 is 0 Å². The van der Waals surface area contributed by atoms with Gasteiger partial charge in [0, 0.05) is 12.3 Å². The lowest BCUT2D eigenvalue weighted by Crippen LogP contribution is -2.49. The Morgan fingerprint density at radius 3 is 2.44 bits per heavy atom. The molecule has 0 amide bonds. The third kappa shape index (κ3) is 3.36. The Kier molecular flexibility index (Phi) is 4.50. The van der Waals surface area contributed by atoms with Crippen molar-refractivity contribution in [2.75, 3.05) is 0 Å². The Morgan fingerprint density at radius 2 is 1.83 bits per heavy atom. The lowest BCUT2D eigenvalue weighted by atomic mass is 9.81. The van der Waals surface area contributed by atoms with E-state index in [9.17, 15) is 0 Å². The van der Waals surface area contributed by atoms with Crippen LogP contribution in [0.15, 0.2) is 12.7 Å². The second-order valence-corrected chi connectivity index (χ2v) is 6.44. The summed E-state index contributed by atoms with van der Waals surface area (Å²) < 4.78 is 12.2. The zero-order valence-corrected chi connectivity index (χ0v) is 12.2. The Hall–Kier alpha value is -0.340. The van der Waals surface area contributed by atoms with E-state index in [0.717, 1.165) is 12.3 Å². The van der Waals surface area contributed by atoms with E-state index in [4.69, 9.17) is 9.47 Å². The molecular weight excluding hydrogens is 224 g/mol. The summed E-state index contributed by atoms with van der Waals surface area (Å²) in [5, 5.41) is 0. The van der Waals surface area contributed by atoms with Crippen molar-refractivity contribution in [3.8, 4) is 0 Å². The molecule has 1 saturated heterocycles. The third-order valence-corrected chi connectivity index (χ3v) is 4.47. The first-order valence-electron chi connectivity index (χ1n) is 7.50. The Balaban J connectivity index is 2.03. The van der Waals surface area contributed by atoms with E-state index in [-0.39, 0.29) is 6.10 Å². The first-order valence-corrected chi connectivity index (χ1v) is 7.50. The van der Waals surface area contributed by atoms with Gasteiger partial charge in [-0.15, -0.1) is 6.58 Å². The van der Waals surface area contributed by atoms with Crippen molar-refractivity contribution in [3.63, 3.8) is 0 Å². The zero-order chi connectivity index (χ0) is 13.2. The molecule has 1 aliphatic carbocycles. The predicted octanol–water partition coefficient (Wildman–Crippen LogP) is 4.30. The molecule has 2 nitrogen and oxygen atoms in total. The monoisotopic (exact) mass is 252 g/mol. The molecule has 0 unspecified atom stereocenters. The van der Waals surface area contributed by atoms with E-state index in [2.05, 4.69) is 13.5 Å². The predicted molar refractivity (Wildman–Crippen MR) is 74.4 cm³/mol. The standard InChI is InChI=1S/C16H28O2/c1-5-12(2)14-11-15(18-16(3,4)17-14)13-9-7-6-8-10-13/h5,12-15H,1,6-11H2,2-4H3/t12-,14+,15-/m0/s1. The van der Waals surface area contributed by atoms with E-state index in [1.54, 1.807) is 0 Å². The van der Waals surface area contributed by atoms with Gasteiger partial charge in [0.05, 0.1) is 12.2 Å². The summed E-state index contributed by atoms with van der Waals surface area (Å²) in [5.41, 5.74) is 0. The summed E-state index contributed by atoms with van der Waals surface area (Å²) in [6.07, 6.45) is 10.5. The van der Waals surface area contributed by atoms with Crippen molar-refractivity contribution < 1.29 is 9.47 Å². The van der Waals surface area contributed by atoms with Crippen LogP contribution in [0.3, 0.4) is 0 Å². The molecule has 2 aliphatic rings. The minimum absolute atomic E-state index is 0.262. The average molecular weight is 252 g/mol. The molecule has 0 aromatic heterocycles. The maximum Gasteiger partial charge on any atom is 0.163 e. The van der Waals surface area contributed by atoms with E-state index in [1.165, 1.54) is 32.1 Å². The van der Waals surface area contributed by atoms with Crippen molar-refractivity contribution in [2.24, 2.45) is 11.8 Å². The van der Waals surface area contributed by atoms with Gasteiger partial charge in [0.25, 0.3) is 0 Å². The zero-order valence-electron chi connectivity index (χ0n) is 12.2. The van der Waals surface area contributed by atoms with Gasteiger partial charge in [-0.05, 0) is 32.6 Å². The van der Waals surface area contributed by atoms with E-state index >= 15 is 0 Å². The number of ether oxygens (including phenoxy) is 2. The third-order valence-electron chi connectivity index (χ3n) is 4.47. The van der Waals surface area contributed by atoms with Crippen molar-refractivity contribution in [2.45, 2.75) is 77.3 Å². The van der Waals surface area contributed by atoms with Crippen LogP contribution in [0, 0.1) is 11.8 Å². The fourth-order valence-electron chi connectivity index (χ4n) is 3.35. The second kappa shape index (κ2) is 5.75. The molecule has 0 bridgehead atoms. The highest BCUT2D eigenvalue weighted by molar-refractivity contribution is 4.90. The van der Waals surface area contributed by atoms with Crippen molar-refractivity contribution >= 4 is 0 Å². The summed E-state index contributed by atoms with van der Waals surface area (Å²) in [6.45, 7) is 10.2. The number of hydrogen-bond donors (Lipinski definition) is 0. The fourth-order valence-corrected chi connectivity index (χ4v) is 3.35. The van der Waals surface area contributed by atoms with Crippen molar-refractivity contribution in [3.05, 3.63) is 12.7 Å². The van der Waals surface area contributed by atoms with Crippen LogP contribution in [0.2, 0.25) is 0 Å². The highest BCUT2D eigenvalue weighted by atomic mass is 16.7. The minimum atomic E-state index is -0.442. The van der Waals surface area contributed by atoms with Gasteiger partial charge in [-0.1, -0.05) is 32.3 Å². The largest absolute Gasteiger partial charge is 0.347 e. The molecule has 2 rings (SSSR count). The van der Waals surface area contributed by atoms with Crippen LogP contribution >= 0.6 is 0 Å². The van der Waals surface area contributed by atoms with Crippen molar-refractivity contribution in [1.82, 2.24) is 0 Å². The van der Waals surface area contributed by atoms with Crippen LogP contribution in [0.4, 0.5) is 0 Å². The first kappa shape index (κ1) is 14.1. The maximum atomic E-state index is 6.18. The Morgan fingerprint density at radius 1 is 1.17 bits per heavy atom. The quantitative estimate of drug-likeness (QED) is 0.697. The van der Waals surface area contributed by atoms with Gasteiger partial charge in [-0.2, -0.15) is 0 Å². The van der Waals surface area contributed by atoms with Gasteiger partial charge in [0.1, 0.15) is 0 Å². The summed E-state index contributed by atoms with van der Waals surface area (Å²) >= 11 is 0. The number of hydrogen-bond acceptors (Lipinski definition) is 2. The molecule has 1 saturated carbocycles. The minimum Gasteiger partial charge on any atom is -0.347 e. The van der Waals surface area contributed by atoms with Gasteiger partial charge in [0.2, 0.25) is 0 Å². The molecule has 0 N–H and O–H groups in total. The molecule has 104 valence electrons. The van der Waals surface area contributed by atoms with Gasteiger partial charge < -0.3 is 9.47 Å². The molecule has 18 heavy (non-hydrogen) atoms. The molecule has 2 fully saturated rings. The van der Waals surface area contributed by atoms with E-state index < -0.39 is 5.79 Å². The second-order valence-electron chi connectivity index (χ2n) is 6.44. The van der Waals surface area contributed by atoms with Crippen LogP contribution in [0.5, 0.6) is 0 Å². The lowest BCUT2D eigenvalue weighted by molar-refractivity contribution is -0.314. The first-order chi connectivity index (χ1) is 8.52. The molecular formula is C16H28O2. The Labute approximate surface area is 112 Å². The molecule has 0 aromatic rings. The van der Waals surface area contributed by atoms with Crippen LogP contribution in [0.1, 0.15) is 59.3 Å². The molecule has 0 aromatic carbocycles. The van der Waals surface area contributed by atoms with Gasteiger partial charge in [-0.3, -0.25) is 0 Å². The average Bonchev–Trinajstić information content (AvgIpc) is 2.37.